The lowest BCUT2D eigenvalue weighted by atomic mass is 9.75. The van der Waals surface area contributed by atoms with Gasteiger partial charge in [0.05, 0.1) is 12.0 Å². The Hall–Kier alpha value is -4.27. The van der Waals surface area contributed by atoms with Gasteiger partial charge < -0.3 is 14.4 Å². The number of hydrogen-bond donors (Lipinski definition) is 0. The van der Waals surface area contributed by atoms with Gasteiger partial charge in [0.1, 0.15) is 5.60 Å². The molecule has 0 heterocycles. The number of halogens is 1. The summed E-state index contributed by atoms with van der Waals surface area (Å²) in [4.78, 5) is 40.3. The van der Waals surface area contributed by atoms with Gasteiger partial charge in [0.2, 0.25) is 0 Å². The van der Waals surface area contributed by atoms with E-state index < -0.39 is 28.4 Å². The Kier molecular flexibility index (Phi) is 12.5. The predicted molar refractivity (Wildman–Crippen MR) is 182 cm³/mol. The second-order valence-electron chi connectivity index (χ2n) is 12.4. The van der Waals surface area contributed by atoms with Crippen molar-refractivity contribution < 1.29 is 24.0 Å². The van der Waals surface area contributed by atoms with Crippen LogP contribution < -0.4 is 0 Å². The fourth-order valence-electron chi connectivity index (χ4n) is 6.38. The van der Waals surface area contributed by atoms with Crippen LogP contribution in [0, 0.1) is 10.1 Å². The van der Waals surface area contributed by atoms with E-state index in [1.807, 2.05) is 46.9 Å². The Labute approximate surface area is 277 Å². The minimum atomic E-state index is -0.872. The van der Waals surface area contributed by atoms with E-state index in [9.17, 15) is 19.7 Å². The van der Waals surface area contributed by atoms with Crippen LogP contribution in [0.5, 0.6) is 0 Å². The Morgan fingerprint density at radius 1 is 0.913 bits per heavy atom. The van der Waals surface area contributed by atoms with Crippen molar-refractivity contribution in [1.82, 2.24) is 4.90 Å². The lowest BCUT2D eigenvalue weighted by Gasteiger charge is -2.34. The number of carbonyl (C=O) groups is 2. The van der Waals surface area contributed by atoms with Crippen molar-refractivity contribution in [2.75, 3.05) is 27.2 Å². The SMILES string of the molecule is COC(=O)C1=C(C)CC(C)=C(C(=O)OC(C)(C)CN(C)CCC(c2ccccc2)c2ccccc2)C1c1cccc([N+](=O)[O-])c1.Cl. The molecule has 0 N–H and O–H groups in total. The summed E-state index contributed by atoms with van der Waals surface area (Å²) in [6, 6.07) is 26.9. The number of hydrogen-bond acceptors (Lipinski definition) is 7. The molecular weight excluding hydrogens is 604 g/mol. The first kappa shape index (κ1) is 36.2. The summed E-state index contributed by atoms with van der Waals surface area (Å²) >= 11 is 0. The standard InChI is InChI=1S/C37H42N2O6.ClH/c1-25-22-26(2)33(34(32(25)35(40)44-6)29-18-13-19-30(23-29)39(42)43)36(41)45-37(3,4)24-38(5)21-20-31(27-14-9-7-10-15-27)28-16-11-8-12-17-28;/h7-19,23,31,34H,20-22,24H2,1-6H3;1H. The monoisotopic (exact) mass is 646 g/mol. The van der Waals surface area contributed by atoms with E-state index in [2.05, 4.69) is 53.4 Å². The second kappa shape index (κ2) is 15.8. The molecule has 0 saturated carbocycles. The van der Waals surface area contributed by atoms with Gasteiger partial charge in [-0.1, -0.05) is 83.9 Å². The Balaban J connectivity index is 0.00000576. The number of rotatable bonds is 12. The third-order valence-corrected chi connectivity index (χ3v) is 8.29. The van der Waals surface area contributed by atoms with Crippen molar-refractivity contribution >= 4 is 30.0 Å². The number of nitro groups is 1. The molecule has 9 heteroatoms. The third kappa shape index (κ3) is 8.71. The van der Waals surface area contributed by atoms with Crippen molar-refractivity contribution in [1.29, 1.82) is 0 Å². The maximum atomic E-state index is 14.0. The summed E-state index contributed by atoms with van der Waals surface area (Å²) < 4.78 is 11.3. The van der Waals surface area contributed by atoms with Crippen LogP contribution in [-0.4, -0.2) is 54.6 Å². The number of esters is 2. The number of allylic oxidation sites excluding steroid dienone is 2. The molecular formula is C37H43ClN2O6. The quantitative estimate of drug-likeness (QED) is 0.113. The summed E-state index contributed by atoms with van der Waals surface area (Å²) in [7, 11) is 3.30. The molecule has 244 valence electrons. The molecule has 1 aliphatic carbocycles. The number of ether oxygens (including phenoxy) is 2. The average Bonchev–Trinajstić information content (AvgIpc) is 3.01. The van der Waals surface area contributed by atoms with Gasteiger partial charge in [0, 0.05) is 41.7 Å². The molecule has 8 nitrogen and oxygen atoms in total. The van der Waals surface area contributed by atoms with E-state index in [1.54, 1.807) is 12.1 Å². The van der Waals surface area contributed by atoms with Crippen LogP contribution in [0.2, 0.25) is 0 Å². The maximum Gasteiger partial charge on any atom is 0.335 e. The fraction of sp³-hybridized carbons (Fsp3) is 0.351. The second-order valence-corrected chi connectivity index (χ2v) is 12.4. The van der Waals surface area contributed by atoms with Crippen LogP contribution >= 0.6 is 12.4 Å². The van der Waals surface area contributed by atoms with E-state index in [0.717, 1.165) is 24.1 Å². The molecule has 4 rings (SSSR count). The van der Waals surface area contributed by atoms with Crippen LogP contribution in [0.1, 0.15) is 69.1 Å². The highest BCUT2D eigenvalue weighted by molar-refractivity contribution is 6.00. The van der Waals surface area contributed by atoms with Crippen molar-refractivity contribution in [2.24, 2.45) is 0 Å². The maximum absolute atomic E-state index is 14.0. The number of nitrogens with zero attached hydrogens (tertiary/aromatic N) is 2. The number of non-ortho nitro benzene ring substituents is 1. The lowest BCUT2D eigenvalue weighted by Crippen LogP contribution is -2.42. The van der Waals surface area contributed by atoms with Gasteiger partial charge in [0.25, 0.3) is 5.69 Å². The highest BCUT2D eigenvalue weighted by Gasteiger charge is 2.39. The zero-order valence-corrected chi connectivity index (χ0v) is 28.1. The molecule has 0 amide bonds. The van der Waals surface area contributed by atoms with Gasteiger partial charge in [-0.25, -0.2) is 9.59 Å². The van der Waals surface area contributed by atoms with Gasteiger partial charge in [-0.15, -0.1) is 12.4 Å². The van der Waals surface area contributed by atoms with E-state index in [4.69, 9.17) is 9.47 Å². The van der Waals surface area contributed by atoms with E-state index >= 15 is 0 Å². The third-order valence-electron chi connectivity index (χ3n) is 8.29. The molecule has 0 spiro atoms. The minimum absolute atomic E-state index is 0. The van der Waals surface area contributed by atoms with E-state index in [0.29, 0.717) is 29.7 Å². The lowest BCUT2D eigenvalue weighted by molar-refractivity contribution is -0.384. The van der Waals surface area contributed by atoms with Crippen molar-refractivity contribution in [3.8, 4) is 0 Å². The molecule has 1 atom stereocenters. The molecule has 0 aliphatic heterocycles. The largest absolute Gasteiger partial charge is 0.466 e. The Morgan fingerprint density at radius 3 is 1.98 bits per heavy atom. The van der Waals surface area contributed by atoms with Crippen molar-refractivity contribution in [3.05, 3.63) is 134 Å². The van der Waals surface area contributed by atoms with Gasteiger partial charge >= 0.3 is 11.9 Å². The molecule has 46 heavy (non-hydrogen) atoms. The fourth-order valence-corrected chi connectivity index (χ4v) is 6.38. The number of likely N-dealkylation sites (N-methyl/N-ethyl adjacent to an activating group) is 1. The van der Waals surface area contributed by atoms with Crippen LogP contribution in [0.4, 0.5) is 5.69 Å². The van der Waals surface area contributed by atoms with Gasteiger partial charge in [0.15, 0.2) is 0 Å². The van der Waals surface area contributed by atoms with E-state index in [-0.39, 0.29) is 24.0 Å². The molecule has 3 aromatic rings. The summed E-state index contributed by atoms with van der Waals surface area (Å²) in [6.45, 7) is 8.64. The molecule has 0 fully saturated rings. The molecule has 0 bridgehead atoms. The summed E-state index contributed by atoms with van der Waals surface area (Å²) in [6.07, 6.45) is 1.27. The van der Waals surface area contributed by atoms with Gasteiger partial charge in [-0.3, -0.25) is 10.1 Å². The molecule has 3 aromatic carbocycles. The minimum Gasteiger partial charge on any atom is -0.466 e. The van der Waals surface area contributed by atoms with E-state index in [1.165, 1.54) is 30.4 Å². The molecule has 0 saturated heterocycles. The molecule has 1 aliphatic rings. The van der Waals surface area contributed by atoms with Gasteiger partial charge in [-0.2, -0.15) is 0 Å². The summed E-state index contributed by atoms with van der Waals surface area (Å²) in [5.41, 5.74) is 4.07. The Bertz CT molecular complexity index is 1560. The zero-order chi connectivity index (χ0) is 32.7. The van der Waals surface area contributed by atoms with Crippen molar-refractivity contribution in [3.63, 3.8) is 0 Å². The van der Waals surface area contributed by atoms with Crippen LogP contribution in [0.15, 0.2) is 107 Å². The summed E-state index contributed by atoms with van der Waals surface area (Å²) in [5, 5.41) is 11.6. The average molecular weight is 647 g/mol. The van der Waals surface area contributed by atoms with Gasteiger partial charge in [-0.05, 0) is 70.8 Å². The zero-order valence-electron chi connectivity index (χ0n) is 27.3. The van der Waals surface area contributed by atoms with Crippen LogP contribution in [-0.2, 0) is 19.1 Å². The number of carbonyl (C=O) groups excluding carboxylic acids is 2. The number of benzene rings is 3. The van der Waals surface area contributed by atoms with Crippen LogP contribution in [0.3, 0.4) is 0 Å². The van der Waals surface area contributed by atoms with Crippen molar-refractivity contribution in [2.45, 2.75) is 58.0 Å². The Morgan fingerprint density at radius 2 is 1.46 bits per heavy atom. The normalized spacial score (nSPS) is 15.1. The topological polar surface area (TPSA) is 99.0 Å². The smallest absolute Gasteiger partial charge is 0.335 e. The molecule has 1 unspecified atom stereocenters. The first-order valence-corrected chi connectivity index (χ1v) is 15.2. The molecule has 0 radical (unpaired) electrons. The first-order chi connectivity index (χ1) is 21.4. The molecule has 0 aromatic heterocycles. The van der Waals surface area contributed by atoms with Crippen LogP contribution in [0.25, 0.3) is 0 Å². The highest BCUT2D eigenvalue weighted by atomic mass is 35.5. The number of methoxy groups -OCH3 is 1. The number of nitro benzene ring substituents is 1. The predicted octanol–water partition coefficient (Wildman–Crippen LogP) is 7.79. The summed E-state index contributed by atoms with van der Waals surface area (Å²) in [5.74, 6) is -1.77. The highest BCUT2D eigenvalue weighted by Crippen LogP contribution is 2.43. The first-order valence-electron chi connectivity index (χ1n) is 15.2.